The van der Waals surface area contributed by atoms with Crippen LogP contribution in [0.25, 0.3) is 0 Å². The number of carbonyl (C=O) groups is 3. The Labute approximate surface area is 140 Å². The number of nitrogens with one attached hydrogen (secondary N) is 2. The second-order valence-corrected chi connectivity index (χ2v) is 6.73. The first-order chi connectivity index (χ1) is 10.8. The number of aliphatic carboxylic acids is 1. The summed E-state index contributed by atoms with van der Waals surface area (Å²) in [5, 5.41) is 13.8. The van der Waals surface area contributed by atoms with Crippen LogP contribution >= 0.6 is 11.8 Å². The van der Waals surface area contributed by atoms with Crippen molar-refractivity contribution in [3.8, 4) is 0 Å². The molecule has 126 valence electrons. The van der Waals surface area contributed by atoms with Crippen molar-refractivity contribution in [3.05, 3.63) is 30.3 Å². The van der Waals surface area contributed by atoms with E-state index in [4.69, 9.17) is 5.11 Å². The number of anilines is 1. The summed E-state index contributed by atoms with van der Waals surface area (Å²) >= 11 is 1.19. The van der Waals surface area contributed by atoms with Gasteiger partial charge in [0.25, 0.3) is 0 Å². The van der Waals surface area contributed by atoms with Crippen LogP contribution < -0.4 is 10.6 Å². The lowest BCUT2D eigenvalue weighted by Crippen LogP contribution is -2.52. The number of carbonyl (C=O) groups excluding carboxylic acids is 2. The number of para-hydroxylation sites is 1. The fraction of sp³-hybridized carbons (Fsp3) is 0.438. The zero-order valence-corrected chi connectivity index (χ0v) is 14.3. The maximum atomic E-state index is 12.1. The number of carboxylic acids is 1. The van der Waals surface area contributed by atoms with Crippen LogP contribution in [0.4, 0.5) is 5.69 Å². The second-order valence-electron chi connectivity index (χ2n) is 5.54. The molecule has 6 nitrogen and oxygen atoms in total. The van der Waals surface area contributed by atoms with Crippen LogP contribution in [0.1, 0.15) is 27.2 Å². The van der Waals surface area contributed by atoms with E-state index in [-0.39, 0.29) is 17.6 Å². The number of rotatable bonds is 8. The van der Waals surface area contributed by atoms with Gasteiger partial charge in [-0.2, -0.15) is 0 Å². The monoisotopic (exact) mass is 338 g/mol. The Hall–Kier alpha value is -2.02. The molecule has 23 heavy (non-hydrogen) atoms. The first-order valence-corrected chi connectivity index (χ1v) is 8.33. The van der Waals surface area contributed by atoms with Gasteiger partial charge in [-0.05, 0) is 32.4 Å². The van der Waals surface area contributed by atoms with Crippen molar-refractivity contribution in [3.63, 3.8) is 0 Å². The SMILES string of the molecule is CCC(SCC(=O)Nc1ccccc1)C(=O)NC(C)(C)C(=O)O. The summed E-state index contributed by atoms with van der Waals surface area (Å²) in [5.74, 6) is -1.57. The van der Waals surface area contributed by atoms with Crippen molar-refractivity contribution in [1.29, 1.82) is 0 Å². The van der Waals surface area contributed by atoms with E-state index < -0.39 is 16.8 Å². The maximum absolute atomic E-state index is 12.1. The van der Waals surface area contributed by atoms with Gasteiger partial charge in [0.05, 0.1) is 11.0 Å². The van der Waals surface area contributed by atoms with E-state index in [9.17, 15) is 14.4 Å². The highest BCUT2D eigenvalue weighted by Gasteiger charge is 2.31. The minimum atomic E-state index is -1.34. The fourth-order valence-corrected chi connectivity index (χ4v) is 2.59. The normalized spacial score (nSPS) is 12.3. The van der Waals surface area contributed by atoms with E-state index >= 15 is 0 Å². The Bertz CT molecular complexity index is 560. The topological polar surface area (TPSA) is 95.5 Å². The molecule has 0 aromatic heterocycles. The van der Waals surface area contributed by atoms with Crippen LogP contribution in [0, 0.1) is 0 Å². The van der Waals surface area contributed by atoms with Gasteiger partial charge in [0.15, 0.2) is 0 Å². The van der Waals surface area contributed by atoms with Crippen LogP contribution in [0.2, 0.25) is 0 Å². The summed E-state index contributed by atoms with van der Waals surface area (Å²) in [7, 11) is 0. The second kappa shape index (κ2) is 8.57. The predicted molar refractivity (Wildman–Crippen MR) is 91.5 cm³/mol. The molecule has 1 aromatic rings. The number of hydrogen-bond donors (Lipinski definition) is 3. The zero-order valence-electron chi connectivity index (χ0n) is 13.5. The van der Waals surface area contributed by atoms with Crippen LogP contribution in [-0.4, -0.2) is 39.4 Å². The molecule has 1 rings (SSSR count). The molecule has 0 saturated heterocycles. The standard InChI is InChI=1S/C16H22N2O4S/c1-4-12(14(20)18-16(2,3)15(21)22)23-10-13(19)17-11-8-6-5-7-9-11/h5-9,12H,4,10H2,1-3H3,(H,17,19)(H,18,20)(H,21,22). The number of carboxylic acid groups (broad SMARTS) is 1. The molecule has 0 aliphatic carbocycles. The lowest BCUT2D eigenvalue weighted by molar-refractivity contribution is -0.145. The highest BCUT2D eigenvalue weighted by molar-refractivity contribution is 8.01. The molecule has 2 amide bonds. The molecule has 0 bridgehead atoms. The Morgan fingerprint density at radius 1 is 1.22 bits per heavy atom. The number of amides is 2. The van der Waals surface area contributed by atoms with Crippen molar-refractivity contribution < 1.29 is 19.5 Å². The van der Waals surface area contributed by atoms with Gasteiger partial charge in [-0.15, -0.1) is 11.8 Å². The van der Waals surface area contributed by atoms with Gasteiger partial charge < -0.3 is 15.7 Å². The van der Waals surface area contributed by atoms with Crippen LogP contribution in [0.3, 0.4) is 0 Å². The van der Waals surface area contributed by atoms with E-state index in [2.05, 4.69) is 10.6 Å². The molecule has 1 aromatic carbocycles. The van der Waals surface area contributed by atoms with Crippen LogP contribution in [-0.2, 0) is 14.4 Å². The first kappa shape index (κ1) is 19.0. The Morgan fingerprint density at radius 2 is 1.83 bits per heavy atom. The summed E-state index contributed by atoms with van der Waals surface area (Å²) in [6, 6.07) is 9.05. The molecule has 1 unspecified atom stereocenters. The third-order valence-corrected chi connectivity index (χ3v) is 4.49. The molecule has 7 heteroatoms. The predicted octanol–water partition coefficient (Wildman–Crippen LogP) is 2.12. The molecule has 0 radical (unpaired) electrons. The van der Waals surface area contributed by atoms with Gasteiger partial charge in [0, 0.05) is 5.69 Å². The van der Waals surface area contributed by atoms with Gasteiger partial charge >= 0.3 is 5.97 Å². The summed E-state index contributed by atoms with van der Waals surface area (Å²) in [4.78, 5) is 35.1. The van der Waals surface area contributed by atoms with Gasteiger partial charge in [0.1, 0.15) is 5.54 Å². The number of hydrogen-bond acceptors (Lipinski definition) is 4. The van der Waals surface area contributed by atoms with Gasteiger partial charge in [-0.1, -0.05) is 25.1 Å². The molecule has 0 saturated carbocycles. The van der Waals surface area contributed by atoms with E-state index in [1.54, 1.807) is 12.1 Å². The summed E-state index contributed by atoms with van der Waals surface area (Å²) in [6.45, 7) is 4.67. The first-order valence-electron chi connectivity index (χ1n) is 7.28. The van der Waals surface area contributed by atoms with Crippen molar-refractivity contribution in [1.82, 2.24) is 5.32 Å². The van der Waals surface area contributed by atoms with E-state index in [1.165, 1.54) is 25.6 Å². The maximum Gasteiger partial charge on any atom is 0.328 e. The average Bonchev–Trinajstić information content (AvgIpc) is 2.48. The van der Waals surface area contributed by atoms with E-state index in [0.717, 1.165) is 0 Å². The third kappa shape index (κ3) is 6.32. The minimum absolute atomic E-state index is 0.119. The Balaban J connectivity index is 2.51. The smallest absolute Gasteiger partial charge is 0.328 e. The van der Waals surface area contributed by atoms with Crippen molar-refractivity contribution >= 4 is 35.2 Å². The van der Waals surface area contributed by atoms with E-state index in [0.29, 0.717) is 12.1 Å². The number of benzene rings is 1. The van der Waals surface area contributed by atoms with E-state index in [1.807, 2.05) is 25.1 Å². The fourth-order valence-electron chi connectivity index (χ4n) is 1.72. The van der Waals surface area contributed by atoms with Gasteiger partial charge in [0.2, 0.25) is 11.8 Å². The summed E-state index contributed by atoms with van der Waals surface area (Å²) < 4.78 is 0. The van der Waals surface area contributed by atoms with Crippen molar-refractivity contribution in [2.24, 2.45) is 0 Å². The molecule has 0 spiro atoms. The largest absolute Gasteiger partial charge is 0.480 e. The lowest BCUT2D eigenvalue weighted by Gasteiger charge is -2.24. The van der Waals surface area contributed by atoms with Gasteiger partial charge in [-0.3, -0.25) is 9.59 Å². The van der Waals surface area contributed by atoms with Crippen molar-refractivity contribution in [2.75, 3.05) is 11.1 Å². The van der Waals surface area contributed by atoms with Crippen LogP contribution in [0.15, 0.2) is 30.3 Å². The molecule has 3 N–H and O–H groups in total. The lowest BCUT2D eigenvalue weighted by atomic mass is 10.1. The summed E-state index contributed by atoms with van der Waals surface area (Å²) in [5.41, 5.74) is -0.639. The van der Waals surface area contributed by atoms with Crippen LogP contribution in [0.5, 0.6) is 0 Å². The molecule has 0 aliphatic rings. The highest BCUT2D eigenvalue weighted by atomic mass is 32.2. The molecular formula is C16H22N2O4S. The third-order valence-electron chi connectivity index (χ3n) is 3.11. The molecule has 0 aliphatic heterocycles. The number of thioether (sulfide) groups is 1. The van der Waals surface area contributed by atoms with Gasteiger partial charge in [-0.25, -0.2) is 4.79 Å². The quantitative estimate of drug-likeness (QED) is 0.675. The minimum Gasteiger partial charge on any atom is -0.480 e. The molecular weight excluding hydrogens is 316 g/mol. The zero-order chi connectivity index (χ0) is 17.5. The highest BCUT2D eigenvalue weighted by Crippen LogP contribution is 2.17. The Morgan fingerprint density at radius 3 is 2.35 bits per heavy atom. The van der Waals surface area contributed by atoms with Crippen molar-refractivity contribution in [2.45, 2.75) is 38.0 Å². The Kier molecular flexibility index (Phi) is 7.09. The average molecular weight is 338 g/mol. The molecule has 0 fully saturated rings. The molecule has 0 heterocycles. The molecule has 1 atom stereocenters. The summed E-state index contributed by atoms with van der Waals surface area (Å²) in [6.07, 6.45) is 0.505.